The lowest BCUT2D eigenvalue weighted by molar-refractivity contribution is -0.108. The molecule has 1 aromatic carbocycles. The molecule has 1 atom stereocenters. The number of carbonyl (C=O) groups excluding carboxylic acids is 2. The van der Waals surface area contributed by atoms with E-state index in [1.807, 2.05) is 47.6 Å². The highest BCUT2D eigenvalue weighted by Gasteiger charge is 2.21. The molecule has 116 valence electrons. The number of hydrogen-bond donors (Lipinski definition) is 1. The quantitative estimate of drug-likeness (QED) is 0.859. The molecule has 0 aliphatic rings. The third-order valence-corrected chi connectivity index (χ3v) is 3.28. The van der Waals surface area contributed by atoms with Crippen LogP contribution in [-0.4, -0.2) is 18.0 Å². The van der Waals surface area contributed by atoms with Crippen LogP contribution in [0.4, 0.5) is 4.79 Å². The average molecular weight is 291 g/mol. The smallest absolute Gasteiger partial charge is 0.408 e. The number of hydrogen-bond acceptors (Lipinski definition) is 3. The van der Waals surface area contributed by atoms with Gasteiger partial charge in [0.2, 0.25) is 0 Å². The van der Waals surface area contributed by atoms with Gasteiger partial charge in [-0.05, 0) is 63.8 Å². The van der Waals surface area contributed by atoms with Gasteiger partial charge >= 0.3 is 6.09 Å². The molecule has 0 radical (unpaired) electrons. The number of aryl methyl sites for hydroxylation is 3. The molecule has 4 heteroatoms. The van der Waals surface area contributed by atoms with E-state index in [1.54, 1.807) is 0 Å². The topological polar surface area (TPSA) is 55.4 Å². The summed E-state index contributed by atoms with van der Waals surface area (Å²) < 4.78 is 5.26. The van der Waals surface area contributed by atoms with Crippen LogP contribution in [0.15, 0.2) is 12.1 Å². The summed E-state index contributed by atoms with van der Waals surface area (Å²) in [6, 6.07) is 3.73. The molecule has 0 aromatic heterocycles. The normalized spacial score (nSPS) is 12.7. The van der Waals surface area contributed by atoms with Gasteiger partial charge in [0.15, 0.2) is 0 Å². The Kier molecular flexibility index (Phi) is 5.53. The Balaban J connectivity index is 2.99. The number of benzene rings is 1. The van der Waals surface area contributed by atoms with Gasteiger partial charge in [-0.3, -0.25) is 0 Å². The maximum Gasteiger partial charge on any atom is 0.408 e. The van der Waals surface area contributed by atoms with Crippen molar-refractivity contribution in [2.24, 2.45) is 0 Å². The van der Waals surface area contributed by atoms with E-state index in [9.17, 15) is 9.59 Å². The number of rotatable bonds is 4. The van der Waals surface area contributed by atoms with Crippen molar-refractivity contribution in [2.75, 3.05) is 0 Å². The van der Waals surface area contributed by atoms with Crippen LogP contribution in [0.5, 0.6) is 0 Å². The van der Waals surface area contributed by atoms with E-state index >= 15 is 0 Å². The summed E-state index contributed by atoms with van der Waals surface area (Å²) >= 11 is 0. The van der Waals surface area contributed by atoms with E-state index in [0.29, 0.717) is 0 Å². The molecule has 0 aliphatic heterocycles. The Bertz CT molecular complexity index is 530. The number of carbonyl (C=O) groups is 2. The predicted octanol–water partition coefficient (Wildman–Crippen LogP) is 3.77. The van der Waals surface area contributed by atoms with Crippen LogP contribution in [0.2, 0.25) is 0 Å². The van der Waals surface area contributed by atoms with E-state index in [0.717, 1.165) is 23.0 Å². The third-order valence-electron chi connectivity index (χ3n) is 3.28. The van der Waals surface area contributed by atoms with Crippen LogP contribution < -0.4 is 5.32 Å². The standard InChI is InChI=1S/C17H25NO3/c1-11-9-13(3)14(10-12(11)2)15(7-8-19)18-16(20)21-17(4,5)6/h8-10,15H,7H2,1-6H3,(H,18,20)/t15-/m1/s1. The minimum absolute atomic E-state index is 0.225. The molecule has 0 aliphatic carbocycles. The van der Waals surface area contributed by atoms with Gasteiger partial charge in [-0.25, -0.2) is 4.79 Å². The summed E-state index contributed by atoms with van der Waals surface area (Å²) in [6.45, 7) is 11.5. The van der Waals surface area contributed by atoms with Gasteiger partial charge in [-0.15, -0.1) is 0 Å². The molecule has 0 saturated carbocycles. The molecular weight excluding hydrogens is 266 g/mol. The Hall–Kier alpha value is -1.84. The molecule has 0 bridgehead atoms. The Morgan fingerprint density at radius 2 is 1.76 bits per heavy atom. The first-order valence-corrected chi connectivity index (χ1v) is 7.15. The molecule has 4 nitrogen and oxygen atoms in total. The third kappa shape index (κ3) is 5.21. The number of amides is 1. The Labute approximate surface area is 126 Å². The maximum atomic E-state index is 11.9. The highest BCUT2D eigenvalue weighted by atomic mass is 16.6. The molecule has 1 amide bonds. The van der Waals surface area contributed by atoms with Crippen LogP contribution in [0.1, 0.15) is 55.5 Å². The summed E-state index contributed by atoms with van der Waals surface area (Å²) in [5.74, 6) is 0. The second kappa shape index (κ2) is 6.74. The van der Waals surface area contributed by atoms with Gasteiger partial charge in [0, 0.05) is 6.42 Å². The summed E-state index contributed by atoms with van der Waals surface area (Å²) in [7, 11) is 0. The molecule has 0 spiro atoms. The molecule has 1 rings (SSSR count). The zero-order valence-corrected chi connectivity index (χ0v) is 13.7. The van der Waals surface area contributed by atoms with Gasteiger partial charge in [-0.1, -0.05) is 12.1 Å². The Morgan fingerprint density at radius 1 is 1.19 bits per heavy atom. The molecule has 0 unspecified atom stereocenters. The average Bonchev–Trinajstić information content (AvgIpc) is 2.31. The predicted molar refractivity (Wildman–Crippen MR) is 83.4 cm³/mol. The first-order chi connectivity index (χ1) is 9.64. The monoisotopic (exact) mass is 291 g/mol. The summed E-state index contributed by atoms with van der Waals surface area (Å²) in [6.07, 6.45) is 0.533. The highest BCUT2D eigenvalue weighted by molar-refractivity contribution is 5.69. The van der Waals surface area contributed by atoms with E-state index in [4.69, 9.17) is 4.74 Å². The van der Waals surface area contributed by atoms with Crippen LogP contribution in [0.25, 0.3) is 0 Å². The molecule has 0 heterocycles. The van der Waals surface area contributed by atoms with Crippen molar-refractivity contribution in [3.63, 3.8) is 0 Å². The fourth-order valence-corrected chi connectivity index (χ4v) is 2.17. The van der Waals surface area contributed by atoms with Gasteiger partial charge in [0.1, 0.15) is 11.9 Å². The molecule has 1 N–H and O–H groups in total. The second-order valence-electron chi connectivity index (χ2n) is 6.39. The van der Waals surface area contributed by atoms with Crippen molar-refractivity contribution >= 4 is 12.4 Å². The zero-order chi connectivity index (χ0) is 16.2. The summed E-state index contributed by atoms with van der Waals surface area (Å²) in [5.41, 5.74) is 3.78. The first kappa shape index (κ1) is 17.2. The summed E-state index contributed by atoms with van der Waals surface area (Å²) in [5, 5.41) is 2.79. The molecule has 0 fully saturated rings. The molecule has 0 saturated heterocycles. The van der Waals surface area contributed by atoms with Crippen LogP contribution >= 0.6 is 0 Å². The fraction of sp³-hybridized carbons (Fsp3) is 0.529. The Morgan fingerprint density at radius 3 is 2.29 bits per heavy atom. The molecule has 1 aromatic rings. The van der Waals surface area contributed by atoms with Crippen molar-refractivity contribution in [2.45, 2.75) is 59.6 Å². The lowest BCUT2D eigenvalue weighted by Crippen LogP contribution is -2.35. The van der Waals surface area contributed by atoms with Gasteiger partial charge in [-0.2, -0.15) is 0 Å². The van der Waals surface area contributed by atoms with Gasteiger partial charge < -0.3 is 14.8 Å². The van der Waals surface area contributed by atoms with Crippen LogP contribution in [-0.2, 0) is 9.53 Å². The van der Waals surface area contributed by atoms with Crippen molar-refractivity contribution in [1.29, 1.82) is 0 Å². The zero-order valence-electron chi connectivity index (χ0n) is 13.7. The molecular formula is C17H25NO3. The van der Waals surface area contributed by atoms with Crippen molar-refractivity contribution in [3.05, 3.63) is 34.4 Å². The van der Waals surface area contributed by atoms with Gasteiger partial charge in [0.25, 0.3) is 0 Å². The SMILES string of the molecule is Cc1cc(C)c([C@@H](CC=O)NC(=O)OC(C)(C)C)cc1C. The number of aldehydes is 1. The largest absolute Gasteiger partial charge is 0.444 e. The van der Waals surface area contributed by atoms with Crippen LogP contribution in [0, 0.1) is 20.8 Å². The lowest BCUT2D eigenvalue weighted by atomic mass is 9.94. The fourth-order valence-electron chi connectivity index (χ4n) is 2.17. The number of ether oxygens (including phenoxy) is 1. The van der Waals surface area contributed by atoms with E-state index < -0.39 is 11.7 Å². The molecule has 21 heavy (non-hydrogen) atoms. The van der Waals surface area contributed by atoms with Crippen molar-refractivity contribution in [1.82, 2.24) is 5.32 Å². The van der Waals surface area contributed by atoms with E-state index in [2.05, 4.69) is 11.4 Å². The number of alkyl carbamates (subject to hydrolysis) is 1. The van der Waals surface area contributed by atoms with Crippen LogP contribution in [0.3, 0.4) is 0 Å². The number of nitrogens with one attached hydrogen (secondary N) is 1. The highest BCUT2D eigenvalue weighted by Crippen LogP contribution is 2.24. The second-order valence-corrected chi connectivity index (χ2v) is 6.39. The minimum Gasteiger partial charge on any atom is -0.444 e. The summed E-state index contributed by atoms with van der Waals surface area (Å²) in [4.78, 5) is 22.9. The minimum atomic E-state index is -0.561. The lowest BCUT2D eigenvalue weighted by Gasteiger charge is -2.24. The van der Waals surface area contributed by atoms with Crippen molar-refractivity contribution in [3.8, 4) is 0 Å². The van der Waals surface area contributed by atoms with E-state index in [1.165, 1.54) is 5.56 Å². The van der Waals surface area contributed by atoms with Crippen molar-refractivity contribution < 1.29 is 14.3 Å². The maximum absolute atomic E-state index is 11.9. The van der Waals surface area contributed by atoms with E-state index in [-0.39, 0.29) is 12.5 Å². The first-order valence-electron chi connectivity index (χ1n) is 7.15. The van der Waals surface area contributed by atoms with Gasteiger partial charge in [0.05, 0.1) is 6.04 Å².